The Hall–Kier alpha value is -1.77. The Labute approximate surface area is 75.8 Å². The first kappa shape index (κ1) is 7.86. The molecule has 0 aliphatic carbocycles. The van der Waals surface area contributed by atoms with Crippen molar-refractivity contribution in [1.29, 1.82) is 0 Å². The predicted molar refractivity (Wildman–Crippen MR) is 52.6 cm³/mol. The highest BCUT2D eigenvalue weighted by molar-refractivity contribution is 5.91. The summed E-state index contributed by atoms with van der Waals surface area (Å²) in [4.78, 5) is 4.07. The molecule has 0 amide bonds. The third-order valence-electron chi connectivity index (χ3n) is 2.10. The standard InChI is InChI=1S/C10H10N2O/c1-6-5-8(11)10(13)9-7(6)3-2-4-12-9/h2-5,13H,11H2,1H3. The summed E-state index contributed by atoms with van der Waals surface area (Å²) in [5.41, 5.74) is 7.57. The van der Waals surface area contributed by atoms with Crippen LogP contribution in [-0.4, -0.2) is 10.1 Å². The van der Waals surface area contributed by atoms with Gasteiger partial charge in [0.25, 0.3) is 0 Å². The van der Waals surface area contributed by atoms with Crippen molar-refractivity contribution in [2.75, 3.05) is 5.73 Å². The molecule has 1 aromatic carbocycles. The third kappa shape index (κ3) is 1.09. The molecule has 0 fully saturated rings. The van der Waals surface area contributed by atoms with Crippen molar-refractivity contribution in [2.24, 2.45) is 0 Å². The van der Waals surface area contributed by atoms with Gasteiger partial charge >= 0.3 is 0 Å². The molecule has 0 atom stereocenters. The lowest BCUT2D eigenvalue weighted by Crippen LogP contribution is -1.90. The number of rotatable bonds is 0. The van der Waals surface area contributed by atoms with Crippen LogP contribution in [0.2, 0.25) is 0 Å². The topological polar surface area (TPSA) is 59.1 Å². The minimum absolute atomic E-state index is 0.0706. The third-order valence-corrected chi connectivity index (χ3v) is 2.10. The van der Waals surface area contributed by atoms with E-state index in [1.807, 2.05) is 19.1 Å². The van der Waals surface area contributed by atoms with Gasteiger partial charge < -0.3 is 10.8 Å². The first-order chi connectivity index (χ1) is 6.20. The smallest absolute Gasteiger partial charge is 0.165 e. The number of aromatic nitrogens is 1. The van der Waals surface area contributed by atoms with Gasteiger partial charge in [-0.3, -0.25) is 4.98 Å². The number of pyridine rings is 1. The minimum Gasteiger partial charge on any atom is -0.504 e. The Morgan fingerprint density at radius 2 is 2.23 bits per heavy atom. The van der Waals surface area contributed by atoms with Crippen LogP contribution in [0.25, 0.3) is 10.9 Å². The number of hydrogen-bond donors (Lipinski definition) is 2. The molecule has 0 bridgehead atoms. The van der Waals surface area contributed by atoms with Crippen molar-refractivity contribution >= 4 is 16.6 Å². The van der Waals surface area contributed by atoms with Crippen LogP contribution in [0.4, 0.5) is 5.69 Å². The summed E-state index contributed by atoms with van der Waals surface area (Å²) in [5, 5.41) is 10.5. The van der Waals surface area contributed by atoms with Gasteiger partial charge in [0.1, 0.15) is 5.52 Å². The number of nitrogen functional groups attached to an aromatic ring is 1. The second kappa shape index (κ2) is 2.62. The molecular formula is C10H10N2O. The number of benzene rings is 1. The van der Waals surface area contributed by atoms with Crippen molar-refractivity contribution in [1.82, 2.24) is 4.98 Å². The molecule has 1 aromatic heterocycles. The molecule has 0 aliphatic rings. The fraction of sp³-hybridized carbons (Fsp3) is 0.100. The number of nitrogens with two attached hydrogens (primary N) is 1. The maximum atomic E-state index is 9.60. The normalized spacial score (nSPS) is 10.5. The number of aryl methyl sites for hydroxylation is 1. The quantitative estimate of drug-likeness (QED) is 0.473. The summed E-state index contributed by atoms with van der Waals surface area (Å²) in [6.45, 7) is 1.94. The molecule has 0 saturated heterocycles. The monoisotopic (exact) mass is 174 g/mol. The second-order valence-electron chi connectivity index (χ2n) is 3.03. The molecule has 13 heavy (non-hydrogen) atoms. The lowest BCUT2D eigenvalue weighted by Gasteiger charge is -2.05. The molecule has 0 spiro atoms. The Balaban J connectivity index is 2.97. The summed E-state index contributed by atoms with van der Waals surface area (Å²) < 4.78 is 0. The largest absolute Gasteiger partial charge is 0.504 e. The molecule has 2 rings (SSSR count). The second-order valence-corrected chi connectivity index (χ2v) is 3.03. The number of phenols is 1. The highest BCUT2D eigenvalue weighted by Gasteiger charge is 2.06. The molecular weight excluding hydrogens is 164 g/mol. The molecule has 3 N–H and O–H groups in total. The Morgan fingerprint density at radius 1 is 1.46 bits per heavy atom. The average molecular weight is 174 g/mol. The molecule has 2 aromatic rings. The maximum absolute atomic E-state index is 9.60. The molecule has 3 heteroatoms. The van der Waals surface area contributed by atoms with E-state index in [-0.39, 0.29) is 5.75 Å². The van der Waals surface area contributed by atoms with E-state index in [4.69, 9.17) is 5.73 Å². The molecule has 3 nitrogen and oxygen atoms in total. The van der Waals surface area contributed by atoms with E-state index in [9.17, 15) is 5.11 Å². The highest BCUT2D eigenvalue weighted by Crippen LogP contribution is 2.30. The van der Waals surface area contributed by atoms with Crippen LogP contribution in [0, 0.1) is 6.92 Å². The highest BCUT2D eigenvalue weighted by atomic mass is 16.3. The van der Waals surface area contributed by atoms with Gasteiger partial charge in [-0.2, -0.15) is 0 Å². The minimum atomic E-state index is 0.0706. The lowest BCUT2D eigenvalue weighted by atomic mass is 10.1. The summed E-state index contributed by atoms with van der Waals surface area (Å²) >= 11 is 0. The van der Waals surface area contributed by atoms with Crippen LogP contribution >= 0.6 is 0 Å². The predicted octanol–water partition coefficient (Wildman–Crippen LogP) is 1.83. The first-order valence-corrected chi connectivity index (χ1v) is 4.03. The van der Waals surface area contributed by atoms with Crippen molar-refractivity contribution in [2.45, 2.75) is 6.92 Å². The summed E-state index contributed by atoms with van der Waals surface area (Å²) in [6.07, 6.45) is 1.64. The van der Waals surface area contributed by atoms with Gasteiger partial charge in [0.05, 0.1) is 5.69 Å². The van der Waals surface area contributed by atoms with Crippen LogP contribution in [0.1, 0.15) is 5.56 Å². The van der Waals surface area contributed by atoms with Gasteiger partial charge in [0.2, 0.25) is 0 Å². The van der Waals surface area contributed by atoms with E-state index in [0.717, 1.165) is 10.9 Å². The lowest BCUT2D eigenvalue weighted by molar-refractivity contribution is 0.483. The van der Waals surface area contributed by atoms with Crippen LogP contribution < -0.4 is 5.73 Å². The van der Waals surface area contributed by atoms with Gasteiger partial charge in [-0.25, -0.2) is 0 Å². The van der Waals surface area contributed by atoms with Crippen LogP contribution in [0.3, 0.4) is 0 Å². The molecule has 0 aliphatic heterocycles. The molecule has 66 valence electrons. The summed E-state index contributed by atoms with van der Waals surface area (Å²) in [5.74, 6) is 0.0706. The van der Waals surface area contributed by atoms with Gasteiger partial charge in [-0.1, -0.05) is 6.07 Å². The van der Waals surface area contributed by atoms with E-state index in [0.29, 0.717) is 11.2 Å². The molecule has 0 radical (unpaired) electrons. The van der Waals surface area contributed by atoms with Gasteiger partial charge in [-0.05, 0) is 24.6 Å². The van der Waals surface area contributed by atoms with Crippen LogP contribution in [0.15, 0.2) is 24.4 Å². The number of fused-ring (bicyclic) bond motifs is 1. The van der Waals surface area contributed by atoms with Crippen LogP contribution in [-0.2, 0) is 0 Å². The fourth-order valence-electron chi connectivity index (χ4n) is 1.43. The average Bonchev–Trinajstić information content (AvgIpc) is 2.15. The Bertz CT molecular complexity index is 466. The van der Waals surface area contributed by atoms with Crippen molar-refractivity contribution < 1.29 is 5.11 Å². The van der Waals surface area contributed by atoms with E-state index in [2.05, 4.69) is 4.98 Å². The van der Waals surface area contributed by atoms with Crippen LogP contribution in [0.5, 0.6) is 5.75 Å². The molecule has 0 unspecified atom stereocenters. The molecule has 0 saturated carbocycles. The zero-order chi connectivity index (χ0) is 9.42. The maximum Gasteiger partial charge on any atom is 0.165 e. The number of phenolic OH excluding ortho intramolecular Hbond substituents is 1. The Kier molecular flexibility index (Phi) is 1.59. The van der Waals surface area contributed by atoms with Gasteiger partial charge in [0, 0.05) is 11.6 Å². The van der Waals surface area contributed by atoms with E-state index < -0.39 is 0 Å². The summed E-state index contributed by atoms with van der Waals surface area (Å²) in [7, 11) is 0. The number of aromatic hydroxyl groups is 1. The van der Waals surface area contributed by atoms with Crippen molar-refractivity contribution in [3.8, 4) is 5.75 Å². The zero-order valence-corrected chi connectivity index (χ0v) is 7.28. The SMILES string of the molecule is Cc1cc(N)c(O)c2ncccc12. The van der Waals surface area contributed by atoms with E-state index in [1.165, 1.54) is 0 Å². The summed E-state index contributed by atoms with van der Waals surface area (Å²) in [6, 6.07) is 5.50. The van der Waals surface area contributed by atoms with Crippen molar-refractivity contribution in [3.63, 3.8) is 0 Å². The van der Waals surface area contributed by atoms with E-state index >= 15 is 0 Å². The first-order valence-electron chi connectivity index (χ1n) is 4.03. The van der Waals surface area contributed by atoms with Gasteiger partial charge in [0.15, 0.2) is 5.75 Å². The van der Waals surface area contributed by atoms with E-state index in [1.54, 1.807) is 12.3 Å². The van der Waals surface area contributed by atoms with Gasteiger partial charge in [-0.15, -0.1) is 0 Å². The number of anilines is 1. The number of hydrogen-bond acceptors (Lipinski definition) is 3. The Morgan fingerprint density at radius 3 is 3.00 bits per heavy atom. The fourth-order valence-corrected chi connectivity index (χ4v) is 1.43. The zero-order valence-electron chi connectivity index (χ0n) is 7.28. The number of nitrogens with zero attached hydrogens (tertiary/aromatic N) is 1. The molecule has 1 heterocycles. The van der Waals surface area contributed by atoms with Crippen molar-refractivity contribution in [3.05, 3.63) is 30.0 Å².